The Hall–Kier alpha value is -2.71. The van der Waals surface area contributed by atoms with Crippen LogP contribution in [0.1, 0.15) is 5.76 Å². The van der Waals surface area contributed by atoms with Gasteiger partial charge in [0, 0.05) is 11.6 Å². The number of aromatic nitrogens is 1. The Morgan fingerprint density at radius 3 is 2.10 bits per heavy atom. The molecule has 6 N–H and O–H groups in total. The maximum atomic E-state index is 9.10. The molecule has 2 rings (SSSR count). The van der Waals surface area contributed by atoms with E-state index in [1.165, 1.54) is 0 Å². The molecule has 0 saturated carbocycles. The fourth-order valence-corrected chi connectivity index (χ4v) is 1.15. The fourth-order valence-electron chi connectivity index (χ4n) is 1.15. The first-order valence-corrected chi connectivity index (χ1v) is 5.22. The second kappa shape index (κ2) is 8.40. The first-order chi connectivity index (χ1) is 9.04. The van der Waals surface area contributed by atoms with Gasteiger partial charge in [-0.05, 0) is 0 Å². The van der Waals surface area contributed by atoms with E-state index in [0.29, 0.717) is 12.3 Å². The largest absolute Gasteiger partial charge is 0.473 e. The van der Waals surface area contributed by atoms with Crippen LogP contribution in [0.2, 0.25) is 0 Å². The van der Waals surface area contributed by atoms with E-state index in [2.05, 4.69) is 5.16 Å². The molecule has 0 aliphatic carbocycles. The van der Waals surface area contributed by atoms with Crippen LogP contribution in [0.15, 0.2) is 40.9 Å². The summed E-state index contributed by atoms with van der Waals surface area (Å²) in [5.41, 5.74) is 7.29. The minimum atomic E-state index is -1.82. The molecule has 0 spiro atoms. The molecule has 0 fully saturated rings. The average Bonchev–Trinajstić information content (AvgIpc) is 2.89. The topological polar surface area (TPSA) is 158 Å². The predicted octanol–water partition coefficient (Wildman–Crippen LogP) is 0.131. The van der Waals surface area contributed by atoms with Gasteiger partial charge < -0.3 is 25.9 Å². The third kappa shape index (κ3) is 5.29. The number of hydrogen-bond acceptors (Lipinski definition) is 5. The van der Waals surface area contributed by atoms with Crippen molar-refractivity contribution in [2.24, 2.45) is 5.73 Å². The first-order valence-electron chi connectivity index (χ1n) is 5.22. The molecule has 1 aromatic heterocycles. The summed E-state index contributed by atoms with van der Waals surface area (Å²) in [5, 5.41) is 18.7. The van der Waals surface area contributed by atoms with Crippen molar-refractivity contribution in [2.75, 3.05) is 0 Å². The SMILES string of the molecule is NCc1cc(-c2ccccc2)no1.O.O=C(O)C(=O)O. The molecule has 0 aliphatic heterocycles. The summed E-state index contributed by atoms with van der Waals surface area (Å²) in [6.07, 6.45) is 0. The van der Waals surface area contributed by atoms with E-state index in [4.69, 9.17) is 30.1 Å². The molecule has 20 heavy (non-hydrogen) atoms. The zero-order chi connectivity index (χ0) is 14.3. The van der Waals surface area contributed by atoms with Gasteiger partial charge in [0.25, 0.3) is 0 Å². The van der Waals surface area contributed by atoms with Crippen LogP contribution in [0.3, 0.4) is 0 Å². The molecule has 0 amide bonds. The summed E-state index contributed by atoms with van der Waals surface area (Å²) in [4.78, 5) is 18.2. The molecule has 8 nitrogen and oxygen atoms in total. The molecule has 0 saturated heterocycles. The van der Waals surface area contributed by atoms with E-state index < -0.39 is 11.9 Å². The Morgan fingerprint density at radius 1 is 1.15 bits per heavy atom. The zero-order valence-electron chi connectivity index (χ0n) is 10.3. The lowest BCUT2D eigenvalue weighted by molar-refractivity contribution is -0.159. The summed E-state index contributed by atoms with van der Waals surface area (Å²) in [6, 6.07) is 11.7. The van der Waals surface area contributed by atoms with Gasteiger partial charge in [0.2, 0.25) is 0 Å². The van der Waals surface area contributed by atoms with Gasteiger partial charge in [-0.25, -0.2) is 9.59 Å². The Bertz CT molecular complexity index is 540. The molecule has 2 aromatic rings. The molecule has 1 aromatic carbocycles. The smallest absolute Gasteiger partial charge is 0.414 e. The van der Waals surface area contributed by atoms with Crippen molar-refractivity contribution in [1.82, 2.24) is 5.16 Å². The first kappa shape index (κ1) is 17.3. The van der Waals surface area contributed by atoms with Gasteiger partial charge in [0.1, 0.15) is 5.69 Å². The Labute approximate surface area is 113 Å². The maximum Gasteiger partial charge on any atom is 0.414 e. The minimum Gasteiger partial charge on any atom is -0.473 e. The van der Waals surface area contributed by atoms with E-state index in [1.807, 2.05) is 36.4 Å². The van der Waals surface area contributed by atoms with Crippen molar-refractivity contribution in [3.8, 4) is 11.3 Å². The Morgan fingerprint density at radius 2 is 1.70 bits per heavy atom. The van der Waals surface area contributed by atoms with Crippen LogP contribution < -0.4 is 5.73 Å². The lowest BCUT2D eigenvalue weighted by Gasteiger charge is -1.91. The van der Waals surface area contributed by atoms with Crippen LogP contribution in [0.25, 0.3) is 11.3 Å². The van der Waals surface area contributed by atoms with Gasteiger partial charge in [-0.3, -0.25) is 0 Å². The normalized spacial score (nSPS) is 8.85. The predicted molar refractivity (Wildman–Crippen MR) is 68.7 cm³/mol. The van der Waals surface area contributed by atoms with Crippen LogP contribution in [0.5, 0.6) is 0 Å². The quantitative estimate of drug-likeness (QED) is 0.660. The maximum absolute atomic E-state index is 9.10. The summed E-state index contributed by atoms with van der Waals surface area (Å²) in [5.74, 6) is -2.94. The molecule has 0 radical (unpaired) electrons. The molecule has 0 unspecified atom stereocenters. The Balaban J connectivity index is 0.000000448. The van der Waals surface area contributed by atoms with Crippen molar-refractivity contribution in [2.45, 2.75) is 6.54 Å². The number of carboxylic acid groups (broad SMARTS) is 2. The number of carboxylic acids is 2. The van der Waals surface area contributed by atoms with Crippen LogP contribution >= 0.6 is 0 Å². The van der Waals surface area contributed by atoms with Crippen LogP contribution in [-0.2, 0) is 16.1 Å². The van der Waals surface area contributed by atoms with E-state index >= 15 is 0 Å². The highest BCUT2D eigenvalue weighted by Gasteiger charge is 2.04. The lowest BCUT2D eigenvalue weighted by Crippen LogP contribution is -2.09. The highest BCUT2D eigenvalue weighted by atomic mass is 16.5. The molecule has 108 valence electrons. The van der Waals surface area contributed by atoms with E-state index in [1.54, 1.807) is 0 Å². The van der Waals surface area contributed by atoms with Gasteiger partial charge in [-0.15, -0.1) is 0 Å². The number of benzene rings is 1. The molecule has 0 bridgehead atoms. The van der Waals surface area contributed by atoms with Crippen LogP contribution in [0.4, 0.5) is 0 Å². The summed E-state index contributed by atoms with van der Waals surface area (Å²) < 4.78 is 4.99. The van der Waals surface area contributed by atoms with Crippen molar-refractivity contribution >= 4 is 11.9 Å². The number of rotatable bonds is 2. The molecule has 1 heterocycles. The molecular formula is C12H14N2O6. The van der Waals surface area contributed by atoms with Gasteiger partial charge in [0.05, 0.1) is 6.54 Å². The monoisotopic (exact) mass is 282 g/mol. The van der Waals surface area contributed by atoms with Crippen LogP contribution in [0, 0.1) is 0 Å². The summed E-state index contributed by atoms with van der Waals surface area (Å²) in [6.45, 7) is 0.389. The van der Waals surface area contributed by atoms with Crippen molar-refractivity contribution in [3.05, 3.63) is 42.2 Å². The highest BCUT2D eigenvalue weighted by Crippen LogP contribution is 2.17. The zero-order valence-corrected chi connectivity index (χ0v) is 10.3. The average molecular weight is 282 g/mol. The summed E-state index contributed by atoms with van der Waals surface area (Å²) in [7, 11) is 0. The number of nitrogens with zero attached hydrogens (tertiary/aromatic N) is 1. The number of nitrogens with two attached hydrogens (primary N) is 1. The highest BCUT2D eigenvalue weighted by molar-refractivity contribution is 6.27. The third-order valence-electron chi connectivity index (χ3n) is 2.01. The van der Waals surface area contributed by atoms with Gasteiger partial charge in [0.15, 0.2) is 5.76 Å². The third-order valence-corrected chi connectivity index (χ3v) is 2.01. The van der Waals surface area contributed by atoms with Gasteiger partial charge in [-0.1, -0.05) is 35.5 Å². The standard InChI is InChI=1S/C10H10N2O.C2H2O4.H2O/c11-7-9-6-10(12-13-9)8-4-2-1-3-5-8;3-1(4)2(5)6;/h1-6H,7,11H2;(H,3,4)(H,5,6);1H2. The second-order valence-electron chi connectivity index (χ2n) is 3.36. The minimum absolute atomic E-state index is 0. The van der Waals surface area contributed by atoms with E-state index in [0.717, 1.165) is 11.3 Å². The molecule has 0 aliphatic rings. The Kier molecular flexibility index (Phi) is 7.26. The fraction of sp³-hybridized carbons (Fsp3) is 0.0833. The number of aliphatic carboxylic acids is 2. The van der Waals surface area contributed by atoms with Gasteiger partial charge in [-0.2, -0.15) is 0 Å². The van der Waals surface area contributed by atoms with Crippen molar-refractivity contribution in [3.63, 3.8) is 0 Å². The lowest BCUT2D eigenvalue weighted by atomic mass is 10.1. The van der Waals surface area contributed by atoms with Crippen LogP contribution in [-0.4, -0.2) is 32.8 Å². The molecule has 8 heteroatoms. The second-order valence-corrected chi connectivity index (χ2v) is 3.36. The number of hydrogen-bond donors (Lipinski definition) is 3. The van der Waals surface area contributed by atoms with Crippen molar-refractivity contribution in [1.29, 1.82) is 0 Å². The molecular weight excluding hydrogens is 268 g/mol. The number of carbonyl (C=O) groups is 2. The van der Waals surface area contributed by atoms with Gasteiger partial charge >= 0.3 is 11.9 Å². The molecule has 0 atom stereocenters. The van der Waals surface area contributed by atoms with E-state index in [9.17, 15) is 0 Å². The van der Waals surface area contributed by atoms with E-state index in [-0.39, 0.29) is 5.48 Å². The summed E-state index contributed by atoms with van der Waals surface area (Å²) >= 11 is 0. The van der Waals surface area contributed by atoms with Crippen molar-refractivity contribution < 1.29 is 29.8 Å².